The number of hydrogen-bond donors (Lipinski definition) is 1. The van der Waals surface area contributed by atoms with Crippen LogP contribution in [-0.4, -0.2) is 30.2 Å². The van der Waals surface area contributed by atoms with Crippen molar-refractivity contribution in [2.45, 2.75) is 26.3 Å². The van der Waals surface area contributed by atoms with Crippen molar-refractivity contribution >= 4 is 15.7 Å². The maximum absolute atomic E-state index is 10.9. The lowest BCUT2D eigenvalue weighted by Gasteiger charge is -2.00. The second-order valence-electron chi connectivity index (χ2n) is 3.80. The minimum absolute atomic E-state index is 0.239. The van der Waals surface area contributed by atoms with E-state index in [0.717, 1.165) is 12.0 Å². The molecule has 5 nitrogen and oxygen atoms in total. The van der Waals surface area contributed by atoms with Crippen molar-refractivity contribution in [1.29, 1.82) is 0 Å². The zero-order chi connectivity index (χ0) is 11.5. The van der Waals surface area contributed by atoms with Crippen LogP contribution in [0.3, 0.4) is 0 Å². The highest BCUT2D eigenvalue weighted by molar-refractivity contribution is 7.90. The number of nitrogens with zero attached hydrogens (tertiary/aromatic N) is 2. The monoisotopic (exact) mass is 231 g/mol. The third-order valence-electron chi connectivity index (χ3n) is 2.14. The van der Waals surface area contributed by atoms with Crippen LogP contribution in [0.4, 0.5) is 5.82 Å². The lowest BCUT2D eigenvalue weighted by Crippen LogP contribution is -2.05. The van der Waals surface area contributed by atoms with Crippen molar-refractivity contribution < 1.29 is 8.42 Å². The van der Waals surface area contributed by atoms with E-state index in [1.54, 1.807) is 4.68 Å². The largest absolute Gasteiger partial charge is 0.382 e. The van der Waals surface area contributed by atoms with Gasteiger partial charge in [-0.25, -0.2) is 8.42 Å². The molecule has 0 aliphatic heterocycles. The van der Waals surface area contributed by atoms with Gasteiger partial charge in [0, 0.05) is 30.3 Å². The van der Waals surface area contributed by atoms with Crippen molar-refractivity contribution in [3.8, 4) is 0 Å². The number of aryl methyl sites for hydroxylation is 2. The molecule has 2 N–H and O–H groups in total. The Kier molecular flexibility index (Phi) is 3.73. The second-order valence-corrected chi connectivity index (χ2v) is 6.06. The van der Waals surface area contributed by atoms with Gasteiger partial charge in [-0.1, -0.05) is 0 Å². The molecule has 0 aliphatic carbocycles. The van der Waals surface area contributed by atoms with E-state index in [4.69, 9.17) is 5.73 Å². The van der Waals surface area contributed by atoms with Crippen molar-refractivity contribution in [3.63, 3.8) is 0 Å². The molecule has 0 unspecified atom stereocenters. The van der Waals surface area contributed by atoms with E-state index in [1.807, 2.05) is 13.1 Å². The van der Waals surface area contributed by atoms with Crippen molar-refractivity contribution in [3.05, 3.63) is 11.8 Å². The van der Waals surface area contributed by atoms with Gasteiger partial charge in [-0.05, 0) is 19.8 Å². The molecule has 0 saturated heterocycles. The number of nitrogens with two attached hydrogens (primary N) is 1. The lowest BCUT2D eigenvalue weighted by molar-refractivity contribution is 0.563. The molecule has 6 heteroatoms. The highest BCUT2D eigenvalue weighted by atomic mass is 32.2. The maximum Gasteiger partial charge on any atom is 0.148 e. The smallest absolute Gasteiger partial charge is 0.148 e. The molecule has 0 radical (unpaired) electrons. The first kappa shape index (κ1) is 12.0. The first-order chi connectivity index (χ1) is 6.88. The SMILES string of the molecule is Cc1cn(CCCCS(C)(=O)=O)nc1N. The Labute approximate surface area is 90.2 Å². The molecule has 0 aliphatic rings. The van der Waals surface area contributed by atoms with Gasteiger partial charge in [0.05, 0.1) is 0 Å². The fraction of sp³-hybridized carbons (Fsp3) is 0.667. The molecule has 1 aromatic heterocycles. The van der Waals surface area contributed by atoms with Gasteiger partial charge in [-0.2, -0.15) is 5.10 Å². The summed E-state index contributed by atoms with van der Waals surface area (Å²) in [7, 11) is -2.84. The lowest BCUT2D eigenvalue weighted by atomic mass is 10.3. The van der Waals surface area contributed by atoms with Crippen molar-refractivity contribution in [2.24, 2.45) is 0 Å². The Hall–Kier alpha value is -1.04. The average Bonchev–Trinajstić information content (AvgIpc) is 2.39. The van der Waals surface area contributed by atoms with Gasteiger partial charge < -0.3 is 5.73 Å². The highest BCUT2D eigenvalue weighted by Gasteiger charge is 2.03. The maximum atomic E-state index is 10.9. The Morgan fingerprint density at radius 1 is 1.47 bits per heavy atom. The summed E-state index contributed by atoms with van der Waals surface area (Å²) in [4.78, 5) is 0. The van der Waals surface area contributed by atoms with E-state index in [9.17, 15) is 8.42 Å². The molecule has 0 fully saturated rings. The molecule has 1 rings (SSSR count). The summed E-state index contributed by atoms with van der Waals surface area (Å²) in [6, 6.07) is 0. The molecule has 15 heavy (non-hydrogen) atoms. The number of hydrogen-bond acceptors (Lipinski definition) is 4. The summed E-state index contributed by atoms with van der Waals surface area (Å²) in [6.45, 7) is 2.61. The minimum atomic E-state index is -2.84. The first-order valence-electron chi connectivity index (χ1n) is 4.86. The van der Waals surface area contributed by atoms with Crippen LogP contribution in [0.2, 0.25) is 0 Å². The Balaban J connectivity index is 2.32. The number of rotatable bonds is 5. The molecule has 0 saturated carbocycles. The van der Waals surface area contributed by atoms with Crippen LogP contribution >= 0.6 is 0 Å². The van der Waals surface area contributed by atoms with Gasteiger partial charge in [0.2, 0.25) is 0 Å². The molecule has 0 aromatic carbocycles. The zero-order valence-corrected chi connectivity index (χ0v) is 9.92. The summed E-state index contributed by atoms with van der Waals surface area (Å²) in [5.74, 6) is 0.779. The third-order valence-corrected chi connectivity index (χ3v) is 3.17. The summed E-state index contributed by atoms with van der Waals surface area (Å²) in [5.41, 5.74) is 6.54. The Bertz CT molecular complexity index is 403. The predicted molar refractivity (Wildman–Crippen MR) is 60.3 cm³/mol. The standard InChI is InChI=1S/C9H17N3O2S/c1-8-7-12(11-9(8)10)5-3-4-6-15(2,13)14/h7H,3-6H2,1-2H3,(H2,10,11). The van der Waals surface area contributed by atoms with Gasteiger partial charge >= 0.3 is 0 Å². The Morgan fingerprint density at radius 2 is 2.13 bits per heavy atom. The number of aromatic nitrogens is 2. The Morgan fingerprint density at radius 3 is 2.60 bits per heavy atom. The van der Waals surface area contributed by atoms with E-state index in [0.29, 0.717) is 18.8 Å². The van der Waals surface area contributed by atoms with Crippen molar-refractivity contribution in [1.82, 2.24) is 9.78 Å². The van der Waals surface area contributed by atoms with Crippen molar-refractivity contribution in [2.75, 3.05) is 17.7 Å². The van der Waals surface area contributed by atoms with Crippen LogP contribution < -0.4 is 5.73 Å². The van der Waals surface area contributed by atoms with Gasteiger partial charge in [0.15, 0.2) is 0 Å². The first-order valence-corrected chi connectivity index (χ1v) is 6.92. The molecule has 1 heterocycles. The summed E-state index contributed by atoms with van der Waals surface area (Å²) < 4.78 is 23.5. The van der Waals surface area contributed by atoms with Crippen LogP contribution in [0.15, 0.2) is 6.20 Å². The van der Waals surface area contributed by atoms with Gasteiger partial charge in [0.25, 0.3) is 0 Å². The third kappa shape index (κ3) is 4.33. The van der Waals surface area contributed by atoms with Crippen LogP contribution in [-0.2, 0) is 16.4 Å². The molecule has 0 spiro atoms. The number of sulfone groups is 1. The van der Waals surface area contributed by atoms with Crippen LogP contribution in [0.1, 0.15) is 18.4 Å². The van der Waals surface area contributed by atoms with E-state index in [1.165, 1.54) is 6.26 Å². The zero-order valence-electron chi connectivity index (χ0n) is 9.10. The topological polar surface area (TPSA) is 78.0 Å². The molecule has 0 amide bonds. The number of unbranched alkanes of at least 4 members (excludes halogenated alkanes) is 1. The van der Waals surface area contributed by atoms with E-state index >= 15 is 0 Å². The van der Waals surface area contributed by atoms with Crippen LogP contribution in [0.25, 0.3) is 0 Å². The molecule has 0 atom stereocenters. The van der Waals surface area contributed by atoms with Crippen LogP contribution in [0, 0.1) is 6.92 Å². The van der Waals surface area contributed by atoms with E-state index in [-0.39, 0.29) is 5.75 Å². The summed E-state index contributed by atoms with van der Waals surface area (Å²) in [5, 5.41) is 4.09. The normalized spacial score (nSPS) is 11.9. The second kappa shape index (κ2) is 4.65. The summed E-state index contributed by atoms with van der Waals surface area (Å²) >= 11 is 0. The quantitative estimate of drug-likeness (QED) is 0.753. The van der Waals surface area contributed by atoms with Crippen LogP contribution in [0.5, 0.6) is 0 Å². The minimum Gasteiger partial charge on any atom is -0.382 e. The molecular formula is C9H17N3O2S. The fourth-order valence-corrected chi connectivity index (χ4v) is 2.02. The van der Waals surface area contributed by atoms with Gasteiger partial charge in [-0.3, -0.25) is 4.68 Å². The molecule has 0 bridgehead atoms. The molecule has 86 valence electrons. The molecule has 1 aromatic rings. The highest BCUT2D eigenvalue weighted by Crippen LogP contribution is 2.07. The van der Waals surface area contributed by atoms with Gasteiger partial charge in [-0.15, -0.1) is 0 Å². The van der Waals surface area contributed by atoms with E-state index < -0.39 is 9.84 Å². The average molecular weight is 231 g/mol. The van der Waals surface area contributed by atoms with Gasteiger partial charge in [0.1, 0.15) is 15.7 Å². The van der Waals surface area contributed by atoms with E-state index in [2.05, 4.69) is 5.10 Å². The summed E-state index contributed by atoms with van der Waals surface area (Å²) in [6.07, 6.45) is 4.59. The number of nitrogen functional groups attached to an aromatic ring is 1. The number of anilines is 1. The fourth-order valence-electron chi connectivity index (χ4n) is 1.29. The molecular weight excluding hydrogens is 214 g/mol. The predicted octanol–water partition coefficient (Wildman–Crippen LogP) is 0.599.